The van der Waals surface area contributed by atoms with Gasteiger partial charge >= 0.3 is 0 Å². The number of fused-ring (bicyclic) bond motifs is 3. The molecule has 0 atom stereocenters. The molecule has 4 rings (SSSR count). The molecule has 1 N–H and O–H groups in total. The molecule has 0 bridgehead atoms. The zero-order valence-electron chi connectivity index (χ0n) is 16.3. The highest BCUT2D eigenvalue weighted by molar-refractivity contribution is 7.89. The van der Waals surface area contributed by atoms with Gasteiger partial charge in [0.25, 0.3) is 0 Å². The van der Waals surface area contributed by atoms with Gasteiger partial charge < -0.3 is 4.98 Å². The lowest BCUT2D eigenvalue weighted by Crippen LogP contribution is -2.35. The average molecular weight is 383 g/mol. The van der Waals surface area contributed by atoms with Gasteiger partial charge in [0.1, 0.15) is 0 Å². The number of hydrogen-bond acceptors (Lipinski definition) is 2. The molecular formula is C22H26N2O2S. The number of rotatable bonds is 2. The molecule has 2 aromatic carbocycles. The Kier molecular flexibility index (Phi) is 4.20. The van der Waals surface area contributed by atoms with Crippen LogP contribution in [-0.2, 0) is 28.4 Å². The molecule has 0 saturated carbocycles. The van der Waals surface area contributed by atoms with E-state index in [2.05, 4.69) is 50.9 Å². The second-order valence-corrected chi connectivity index (χ2v) is 10.4. The number of sulfonamides is 1. The topological polar surface area (TPSA) is 53.2 Å². The van der Waals surface area contributed by atoms with E-state index in [0.29, 0.717) is 24.4 Å². The maximum Gasteiger partial charge on any atom is 0.243 e. The Morgan fingerprint density at radius 3 is 2.41 bits per heavy atom. The number of nitrogens with one attached hydrogen (secondary N) is 1. The van der Waals surface area contributed by atoms with Crippen molar-refractivity contribution in [1.29, 1.82) is 0 Å². The molecule has 0 aliphatic carbocycles. The van der Waals surface area contributed by atoms with E-state index >= 15 is 0 Å². The normalized spacial score (nSPS) is 15.9. The molecule has 4 nitrogen and oxygen atoms in total. The smallest absolute Gasteiger partial charge is 0.243 e. The average Bonchev–Trinajstić information content (AvgIpc) is 2.97. The van der Waals surface area contributed by atoms with Gasteiger partial charge in [-0.3, -0.25) is 0 Å². The third-order valence-corrected chi connectivity index (χ3v) is 7.31. The molecular weight excluding hydrogens is 356 g/mol. The van der Waals surface area contributed by atoms with Crippen LogP contribution in [0.2, 0.25) is 0 Å². The van der Waals surface area contributed by atoms with Crippen molar-refractivity contribution >= 4 is 20.9 Å². The minimum atomic E-state index is -3.50. The van der Waals surface area contributed by atoms with Gasteiger partial charge in [0, 0.05) is 36.1 Å². The van der Waals surface area contributed by atoms with Crippen molar-refractivity contribution in [3.8, 4) is 0 Å². The summed E-state index contributed by atoms with van der Waals surface area (Å²) in [4.78, 5) is 3.84. The maximum absolute atomic E-state index is 13.2. The molecule has 3 aromatic rings. The second-order valence-electron chi connectivity index (χ2n) is 8.49. The first kappa shape index (κ1) is 18.3. The Morgan fingerprint density at radius 1 is 1.04 bits per heavy atom. The summed E-state index contributed by atoms with van der Waals surface area (Å²) in [6.07, 6.45) is 0.711. The molecule has 1 aliphatic rings. The standard InChI is InChI=1S/C22H26N2O2S/c1-15-5-10-18-19-14-24(12-11-20(19)23-21(18)13-15)27(25,26)17-8-6-16(7-9-17)22(2,3)4/h5-10,13,23H,11-12,14H2,1-4H3. The van der Waals surface area contributed by atoms with Crippen LogP contribution >= 0.6 is 0 Å². The summed E-state index contributed by atoms with van der Waals surface area (Å²) in [5.41, 5.74) is 5.69. The molecule has 0 fully saturated rings. The zero-order chi connectivity index (χ0) is 19.4. The molecule has 1 aromatic heterocycles. The molecule has 1 aliphatic heterocycles. The largest absolute Gasteiger partial charge is 0.358 e. The molecule has 5 heteroatoms. The van der Waals surface area contributed by atoms with Crippen LogP contribution in [0.1, 0.15) is 43.2 Å². The number of aryl methyl sites for hydroxylation is 1. The Bertz CT molecular complexity index is 1100. The van der Waals surface area contributed by atoms with Crippen LogP contribution in [0.3, 0.4) is 0 Å². The minimum Gasteiger partial charge on any atom is -0.358 e. The van der Waals surface area contributed by atoms with Crippen LogP contribution in [0.4, 0.5) is 0 Å². The molecule has 142 valence electrons. The van der Waals surface area contributed by atoms with Crippen molar-refractivity contribution in [1.82, 2.24) is 9.29 Å². The first-order chi connectivity index (χ1) is 12.7. The summed E-state index contributed by atoms with van der Waals surface area (Å²) >= 11 is 0. The summed E-state index contributed by atoms with van der Waals surface area (Å²) in [6.45, 7) is 9.37. The third-order valence-electron chi connectivity index (χ3n) is 5.45. The second kappa shape index (κ2) is 6.21. The van der Waals surface area contributed by atoms with E-state index in [1.165, 1.54) is 5.56 Å². The lowest BCUT2D eigenvalue weighted by Gasteiger charge is -2.27. The lowest BCUT2D eigenvalue weighted by molar-refractivity contribution is 0.391. The van der Waals surface area contributed by atoms with E-state index in [-0.39, 0.29) is 5.41 Å². The highest BCUT2D eigenvalue weighted by Crippen LogP contribution is 2.31. The van der Waals surface area contributed by atoms with E-state index < -0.39 is 10.0 Å². The van der Waals surface area contributed by atoms with E-state index in [0.717, 1.165) is 27.7 Å². The van der Waals surface area contributed by atoms with Crippen molar-refractivity contribution in [2.75, 3.05) is 6.54 Å². The Hall–Kier alpha value is -2.11. The molecule has 0 spiro atoms. The number of benzene rings is 2. The Balaban J connectivity index is 1.67. The predicted molar refractivity (Wildman–Crippen MR) is 109 cm³/mol. The molecule has 0 radical (unpaired) electrons. The van der Waals surface area contributed by atoms with Gasteiger partial charge in [0.2, 0.25) is 10.0 Å². The van der Waals surface area contributed by atoms with Crippen molar-refractivity contribution in [3.63, 3.8) is 0 Å². The van der Waals surface area contributed by atoms with E-state index in [4.69, 9.17) is 0 Å². The summed E-state index contributed by atoms with van der Waals surface area (Å²) < 4.78 is 28.0. The van der Waals surface area contributed by atoms with Gasteiger partial charge in [-0.05, 0) is 47.2 Å². The summed E-state index contributed by atoms with van der Waals surface area (Å²) in [5.74, 6) is 0. The number of H-pyrrole nitrogens is 1. The summed E-state index contributed by atoms with van der Waals surface area (Å²) in [7, 11) is -3.50. The lowest BCUT2D eigenvalue weighted by atomic mass is 9.87. The van der Waals surface area contributed by atoms with Crippen molar-refractivity contribution in [2.24, 2.45) is 0 Å². The predicted octanol–water partition coefficient (Wildman–Crippen LogP) is 4.52. The van der Waals surface area contributed by atoms with Gasteiger partial charge in [-0.2, -0.15) is 4.31 Å². The van der Waals surface area contributed by atoms with Crippen LogP contribution in [0.25, 0.3) is 10.9 Å². The first-order valence-corrected chi connectivity index (χ1v) is 10.8. The Morgan fingerprint density at radius 2 is 1.74 bits per heavy atom. The van der Waals surface area contributed by atoms with Crippen molar-refractivity contribution in [3.05, 3.63) is 64.8 Å². The quantitative estimate of drug-likeness (QED) is 0.708. The third kappa shape index (κ3) is 3.19. The van der Waals surface area contributed by atoms with Crippen LogP contribution < -0.4 is 0 Å². The fourth-order valence-corrected chi connectivity index (χ4v) is 5.20. The highest BCUT2D eigenvalue weighted by Gasteiger charge is 2.30. The SMILES string of the molecule is Cc1ccc2c3c([nH]c2c1)CCN(S(=O)(=O)c1ccc(C(C)(C)C)cc1)C3. The number of aromatic nitrogens is 1. The van der Waals surface area contributed by atoms with Crippen molar-refractivity contribution < 1.29 is 8.42 Å². The molecule has 0 unspecified atom stereocenters. The fraction of sp³-hybridized carbons (Fsp3) is 0.364. The van der Waals surface area contributed by atoms with Gasteiger partial charge in [-0.25, -0.2) is 8.42 Å². The molecule has 0 saturated heterocycles. The summed E-state index contributed by atoms with van der Waals surface area (Å²) in [5, 5.41) is 1.12. The molecule has 27 heavy (non-hydrogen) atoms. The minimum absolute atomic E-state index is 0.00445. The van der Waals surface area contributed by atoms with Gasteiger partial charge in [-0.1, -0.05) is 45.0 Å². The Labute approximate surface area is 161 Å². The zero-order valence-corrected chi connectivity index (χ0v) is 17.2. The van der Waals surface area contributed by atoms with Crippen LogP contribution in [0.15, 0.2) is 47.4 Å². The van der Waals surface area contributed by atoms with Crippen LogP contribution in [0, 0.1) is 6.92 Å². The highest BCUT2D eigenvalue weighted by atomic mass is 32.2. The van der Waals surface area contributed by atoms with Crippen LogP contribution in [-0.4, -0.2) is 24.3 Å². The first-order valence-electron chi connectivity index (χ1n) is 9.37. The van der Waals surface area contributed by atoms with Crippen molar-refractivity contribution in [2.45, 2.75) is 51.0 Å². The van der Waals surface area contributed by atoms with Gasteiger partial charge in [0.05, 0.1) is 4.90 Å². The number of hydrogen-bond donors (Lipinski definition) is 1. The van der Waals surface area contributed by atoms with E-state index in [1.807, 2.05) is 12.1 Å². The maximum atomic E-state index is 13.2. The van der Waals surface area contributed by atoms with Crippen LogP contribution in [0.5, 0.6) is 0 Å². The van der Waals surface area contributed by atoms with Gasteiger partial charge in [-0.15, -0.1) is 0 Å². The molecule has 2 heterocycles. The van der Waals surface area contributed by atoms with E-state index in [1.54, 1.807) is 16.4 Å². The molecule has 0 amide bonds. The number of nitrogens with zero attached hydrogens (tertiary/aromatic N) is 1. The monoisotopic (exact) mass is 382 g/mol. The van der Waals surface area contributed by atoms with Gasteiger partial charge in [0.15, 0.2) is 0 Å². The fourth-order valence-electron chi connectivity index (χ4n) is 3.79. The summed E-state index contributed by atoms with van der Waals surface area (Å²) in [6, 6.07) is 13.6. The van der Waals surface area contributed by atoms with E-state index in [9.17, 15) is 8.42 Å². The number of aromatic amines is 1.